The number of benzene rings is 1. The largest absolute Gasteiger partial charge is 0.320 e. The normalized spacial score (nSPS) is 12.7. The maximum absolute atomic E-state index is 6.29. The molecule has 1 aromatic carbocycles. The molecule has 0 amide bonds. The second kappa shape index (κ2) is 5.67. The van der Waals surface area contributed by atoms with Crippen molar-refractivity contribution in [3.8, 4) is 0 Å². The molecule has 4 heteroatoms. The highest BCUT2D eigenvalue weighted by molar-refractivity contribution is 9.10. The highest BCUT2D eigenvalue weighted by Gasteiger charge is 2.12. The maximum atomic E-state index is 6.29. The van der Waals surface area contributed by atoms with E-state index in [4.69, 9.17) is 5.73 Å². The van der Waals surface area contributed by atoms with Crippen molar-refractivity contribution >= 4 is 15.9 Å². The van der Waals surface area contributed by atoms with Gasteiger partial charge in [0.2, 0.25) is 0 Å². The van der Waals surface area contributed by atoms with Crippen LogP contribution in [0.15, 0.2) is 35.1 Å². The van der Waals surface area contributed by atoms with Gasteiger partial charge in [-0.15, -0.1) is 0 Å². The van der Waals surface area contributed by atoms with Crippen LogP contribution in [0.2, 0.25) is 0 Å². The molecule has 1 heterocycles. The van der Waals surface area contributed by atoms with Gasteiger partial charge in [0, 0.05) is 22.8 Å². The lowest BCUT2D eigenvalue weighted by Gasteiger charge is -2.11. The Labute approximate surface area is 116 Å². The molecule has 0 radical (unpaired) electrons. The summed E-state index contributed by atoms with van der Waals surface area (Å²) in [6.07, 6.45) is 4.97. The van der Waals surface area contributed by atoms with Crippen LogP contribution in [0.5, 0.6) is 0 Å². The number of aromatic nitrogens is 2. The number of nitrogens with two attached hydrogens (primary N) is 1. The first-order valence-corrected chi connectivity index (χ1v) is 6.94. The molecule has 1 atom stereocenters. The van der Waals surface area contributed by atoms with Crippen LogP contribution in [0.25, 0.3) is 0 Å². The summed E-state index contributed by atoms with van der Waals surface area (Å²) in [4.78, 5) is 0. The lowest BCUT2D eigenvalue weighted by atomic mass is 10.0. The smallest absolute Gasteiger partial charge is 0.0583 e. The van der Waals surface area contributed by atoms with Crippen molar-refractivity contribution in [1.29, 1.82) is 0 Å². The van der Waals surface area contributed by atoms with E-state index in [0.717, 1.165) is 28.6 Å². The van der Waals surface area contributed by atoms with Gasteiger partial charge in [0.05, 0.1) is 12.2 Å². The predicted octanol–water partition coefficient (Wildman–Crippen LogP) is 3.41. The van der Waals surface area contributed by atoms with Gasteiger partial charge in [-0.3, -0.25) is 4.68 Å². The second-order valence-corrected chi connectivity index (χ2v) is 5.49. The number of hydrogen-bond acceptors (Lipinski definition) is 2. The molecule has 18 heavy (non-hydrogen) atoms. The summed E-state index contributed by atoms with van der Waals surface area (Å²) in [7, 11) is 0. The van der Waals surface area contributed by atoms with Gasteiger partial charge in [-0.25, -0.2) is 0 Å². The fourth-order valence-electron chi connectivity index (χ4n) is 2.03. The van der Waals surface area contributed by atoms with Crippen LogP contribution in [0.4, 0.5) is 0 Å². The van der Waals surface area contributed by atoms with Crippen LogP contribution in [-0.4, -0.2) is 9.78 Å². The second-order valence-electron chi connectivity index (χ2n) is 4.58. The van der Waals surface area contributed by atoms with Crippen LogP contribution in [0.1, 0.15) is 36.1 Å². The Bertz CT molecular complexity index is 513. The van der Waals surface area contributed by atoms with Crippen LogP contribution in [0, 0.1) is 6.92 Å². The minimum Gasteiger partial charge on any atom is -0.320 e. The third-order valence-electron chi connectivity index (χ3n) is 2.89. The Morgan fingerprint density at radius 1 is 1.33 bits per heavy atom. The molecule has 3 nitrogen and oxygen atoms in total. The van der Waals surface area contributed by atoms with E-state index in [1.54, 1.807) is 0 Å². The summed E-state index contributed by atoms with van der Waals surface area (Å²) in [6, 6.07) is 6.14. The molecule has 0 bridgehead atoms. The summed E-state index contributed by atoms with van der Waals surface area (Å²) < 4.78 is 3.01. The molecule has 1 aromatic heterocycles. The Morgan fingerprint density at radius 2 is 2.11 bits per heavy atom. The minimum absolute atomic E-state index is 0.119. The molecular weight excluding hydrogens is 290 g/mol. The SMILES string of the molecule is CCCn1cc(C(N)c2cc(C)cc(Br)c2)cn1. The van der Waals surface area contributed by atoms with E-state index in [0.29, 0.717) is 0 Å². The van der Waals surface area contributed by atoms with E-state index < -0.39 is 0 Å². The third kappa shape index (κ3) is 3.00. The molecule has 2 rings (SSSR count). The number of nitrogens with zero attached hydrogens (tertiary/aromatic N) is 2. The van der Waals surface area contributed by atoms with Crippen molar-refractivity contribution in [2.75, 3.05) is 0 Å². The van der Waals surface area contributed by atoms with Crippen molar-refractivity contribution < 1.29 is 0 Å². The highest BCUT2D eigenvalue weighted by Crippen LogP contribution is 2.24. The lowest BCUT2D eigenvalue weighted by molar-refractivity contribution is 0.602. The molecule has 0 aliphatic heterocycles. The summed E-state index contributed by atoms with van der Waals surface area (Å²) >= 11 is 3.51. The first kappa shape index (κ1) is 13.3. The predicted molar refractivity (Wildman–Crippen MR) is 77.4 cm³/mol. The van der Waals surface area contributed by atoms with Gasteiger partial charge in [0.25, 0.3) is 0 Å². The maximum Gasteiger partial charge on any atom is 0.0583 e. The molecule has 0 saturated heterocycles. The molecule has 1 unspecified atom stereocenters. The lowest BCUT2D eigenvalue weighted by Crippen LogP contribution is -2.11. The molecular formula is C14H18BrN3. The minimum atomic E-state index is -0.119. The number of rotatable bonds is 4. The zero-order chi connectivity index (χ0) is 13.1. The first-order valence-electron chi connectivity index (χ1n) is 6.15. The van der Waals surface area contributed by atoms with Crippen molar-refractivity contribution in [3.05, 3.63) is 51.8 Å². The van der Waals surface area contributed by atoms with Gasteiger partial charge in [-0.2, -0.15) is 5.10 Å². The molecule has 2 N–H and O–H groups in total. The molecule has 0 spiro atoms. The average Bonchev–Trinajstić information content (AvgIpc) is 2.76. The van der Waals surface area contributed by atoms with Crippen LogP contribution < -0.4 is 5.73 Å². The van der Waals surface area contributed by atoms with Gasteiger partial charge in [0.1, 0.15) is 0 Å². The van der Waals surface area contributed by atoms with E-state index in [1.807, 2.05) is 17.1 Å². The summed E-state index contributed by atoms with van der Waals surface area (Å²) in [5.41, 5.74) is 9.66. The zero-order valence-electron chi connectivity index (χ0n) is 10.7. The fraction of sp³-hybridized carbons (Fsp3) is 0.357. The quantitative estimate of drug-likeness (QED) is 0.940. The average molecular weight is 308 g/mol. The fourth-order valence-corrected chi connectivity index (χ4v) is 2.65. The van der Waals surface area contributed by atoms with Gasteiger partial charge in [-0.05, 0) is 36.6 Å². The van der Waals surface area contributed by atoms with Crippen molar-refractivity contribution in [3.63, 3.8) is 0 Å². The Kier molecular flexibility index (Phi) is 4.19. The number of halogens is 1. The van der Waals surface area contributed by atoms with E-state index in [9.17, 15) is 0 Å². The Balaban J connectivity index is 2.26. The topological polar surface area (TPSA) is 43.8 Å². The van der Waals surface area contributed by atoms with Gasteiger partial charge in [0.15, 0.2) is 0 Å². The zero-order valence-corrected chi connectivity index (χ0v) is 12.3. The van der Waals surface area contributed by atoms with Crippen LogP contribution in [-0.2, 0) is 6.54 Å². The van der Waals surface area contributed by atoms with E-state index in [-0.39, 0.29) is 6.04 Å². The highest BCUT2D eigenvalue weighted by atomic mass is 79.9. The van der Waals surface area contributed by atoms with Crippen molar-refractivity contribution in [1.82, 2.24) is 9.78 Å². The summed E-state index contributed by atoms with van der Waals surface area (Å²) in [6.45, 7) is 5.14. The number of aryl methyl sites for hydroxylation is 2. The van der Waals surface area contributed by atoms with Crippen molar-refractivity contribution in [2.24, 2.45) is 5.73 Å². The first-order chi connectivity index (χ1) is 8.60. The molecule has 0 aliphatic carbocycles. The van der Waals surface area contributed by atoms with Crippen LogP contribution in [0.3, 0.4) is 0 Å². The van der Waals surface area contributed by atoms with Crippen molar-refractivity contribution in [2.45, 2.75) is 32.9 Å². The Hall–Kier alpha value is -1.13. The number of hydrogen-bond donors (Lipinski definition) is 1. The van der Waals surface area contributed by atoms with Gasteiger partial charge in [-0.1, -0.05) is 28.9 Å². The summed E-state index contributed by atoms with van der Waals surface area (Å²) in [5.74, 6) is 0. The van der Waals surface area contributed by atoms with Crippen LogP contribution >= 0.6 is 15.9 Å². The molecule has 0 fully saturated rings. The molecule has 0 saturated carbocycles. The van der Waals surface area contributed by atoms with E-state index >= 15 is 0 Å². The van der Waals surface area contributed by atoms with E-state index in [2.05, 4.69) is 53.1 Å². The van der Waals surface area contributed by atoms with Gasteiger partial charge < -0.3 is 5.73 Å². The van der Waals surface area contributed by atoms with Gasteiger partial charge >= 0.3 is 0 Å². The standard InChI is InChI=1S/C14H18BrN3/c1-3-4-18-9-12(8-17-18)14(16)11-5-10(2)6-13(15)7-11/h5-9,14H,3-4,16H2,1-2H3. The monoisotopic (exact) mass is 307 g/mol. The third-order valence-corrected chi connectivity index (χ3v) is 3.35. The molecule has 0 aliphatic rings. The Morgan fingerprint density at radius 3 is 2.78 bits per heavy atom. The molecule has 2 aromatic rings. The summed E-state index contributed by atoms with van der Waals surface area (Å²) in [5, 5.41) is 4.32. The van der Waals surface area contributed by atoms with E-state index in [1.165, 1.54) is 5.56 Å². The molecule has 96 valence electrons.